The van der Waals surface area contributed by atoms with E-state index in [1.807, 2.05) is 12.1 Å². The van der Waals surface area contributed by atoms with E-state index in [2.05, 4.69) is 15.9 Å². The summed E-state index contributed by atoms with van der Waals surface area (Å²) in [5, 5.41) is 9.29. The molecule has 2 heterocycles. The summed E-state index contributed by atoms with van der Waals surface area (Å²) in [4.78, 5) is 4.85. The molecule has 2 saturated heterocycles. The van der Waals surface area contributed by atoms with Crippen LogP contribution in [0.1, 0.15) is 18.4 Å². The van der Waals surface area contributed by atoms with Crippen molar-refractivity contribution in [3.63, 3.8) is 0 Å². The normalized spacial score (nSPS) is 20.8. The van der Waals surface area contributed by atoms with Crippen LogP contribution >= 0.6 is 0 Å². The summed E-state index contributed by atoms with van der Waals surface area (Å²) >= 11 is 0. The van der Waals surface area contributed by atoms with Crippen LogP contribution in [0.3, 0.4) is 0 Å². The molecule has 0 amide bonds. The fourth-order valence-corrected chi connectivity index (χ4v) is 3.42. The summed E-state index contributed by atoms with van der Waals surface area (Å²) in [6.07, 6.45) is 2.37. The van der Waals surface area contributed by atoms with Gasteiger partial charge >= 0.3 is 0 Å². The number of benzene rings is 1. The number of morpholine rings is 1. The number of nitrogen functional groups attached to an aromatic ring is 1. The summed E-state index contributed by atoms with van der Waals surface area (Å²) in [6, 6.07) is 7.91. The molecular weight excluding hydrogens is 276 g/mol. The van der Waals surface area contributed by atoms with Crippen LogP contribution in [-0.4, -0.2) is 50.8 Å². The lowest BCUT2D eigenvalue weighted by Gasteiger charge is -2.37. The van der Waals surface area contributed by atoms with E-state index in [0.29, 0.717) is 11.3 Å². The second-order valence-electron chi connectivity index (χ2n) is 6.23. The number of hydrogen-bond acceptors (Lipinski definition) is 5. The van der Waals surface area contributed by atoms with E-state index in [0.717, 1.165) is 51.0 Å². The molecule has 0 aliphatic carbocycles. The van der Waals surface area contributed by atoms with Gasteiger partial charge in [-0.05, 0) is 37.0 Å². The van der Waals surface area contributed by atoms with Gasteiger partial charge in [-0.15, -0.1) is 0 Å². The van der Waals surface area contributed by atoms with Crippen molar-refractivity contribution < 1.29 is 4.74 Å². The molecule has 0 aromatic heterocycles. The molecule has 0 spiro atoms. The predicted molar refractivity (Wildman–Crippen MR) is 87.8 cm³/mol. The molecular formula is C17H24N4O. The van der Waals surface area contributed by atoms with Crippen LogP contribution in [0.4, 0.5) is 11.4 Å². The van der Waals surface area contributed by atoms with Gasteiger partial charge in [0.1, 0.15) is 6.07 Å². The lowest BCUT2D eigenvalue weighted by molar-refractivity contribution is 0.0289. The lowest BCUT2D eigenvalue weighted by atomic mass is 9.95. The maximum atomic E-state index is 9.29. The maximum Gasteiger partial charge on any atom is 0.101 e. The standard InChI is InChI=1S/C17H24N4O/c18-12-15-11-16(19)1-2-17(15)21-5-3-14(4-6-21)13-20-7-9-22-10-8-20/h1-2,11,14H,3-10,13,19H2. The topological polar surface area (TPSA) is 65.5 Å². The number of hydrogen-bond donors (Lipinski definition) is 1. The Balaban J connectivity index is 1.56. The quantitative estimate of drug-likeness (QED) is 0.861. The zero-order chi connectivity index (χ0) is 15.4. The molecule has 5 nitrogen and oxygen atoms in total. The van der Waals surface area contributed by atoms with Crippen molar-refractivity contribution in [1.82, 2.24) is 4.90 Å². The smallest absolute Gasteiger partial charge is 0.101 e. The third kappa shape index (κ3) is 3.52. The van der Waals surface area contributed by atoms with Gasteiger partial charge in [-0.3, -0.25) is 4.90 Å². The summed E-state index contributed by atoms with van der Waals surface area (Å²) < 4.78 is 5.41. The van der Waals surface area contributed by atoms with Crippen molar-refractivity contribution in [2.75, 3.05) is 56.6 Å². The van der Waals surface area contributed by atoms with Crippen LogP contribution in [-0.2, 0) is 4.74 Å². The van der Waals surface area contributed by atoms with Crippen LogP contribution in [0.25, 0.3) is 0 Å². The molecule has 0 unspecified atom stereocenters. The third-order valence-electron chi connectivity index (χ3n) is 4.72. The summed E-state index contributed by atoms with van der Waals surface area (Å²) in [5.41, 5.74) is 8.14. The van der Waals surface area contributed by atoms with E-state index in [9.17, 15) is 5.26 Å². The molecule has 2 aliphatic rings. The molecule has 2 fully saturated rings. The zero-order valence-electron chi connectivity index (χ0n) is 13.0. The minimum absolute atomic E-state index is 0.655. The fraction of sp³-hybridized carbons (Fsp3) is 0.588. The van der Waals surface area contributed by atoms with E-state index in [-0.39, 0.29) is 0 Å². The minimum Gasteiger partial charge on any atom is -0.399 e. The predicted octanol–water partition coefficient (Wildman–Crippen LogP) is 1.69. The van der Waals surface area contributed by atoms with Crippen LogP contribution in [0.5, 0.6) is 0 Å². The van der Waals surface area contributed by atoms with Gasteiger partial charge in [-0.25, -0.2) is 0 Å². The van der Waals surface area contributed by atoms with Crippen LogP contribution in [0, 0.1) is 17.2 Å². The first-order chi connectivity index (χ1) is 10.8. The monoisotopic (exact) mass is 300 g/mol. The van der Waals surface area contributed by atoms with Gasteiger partial charge in [0.25, 0.3) is 0 Å². The molecule has 0 atom stereocenters. The number of nitrogens with two attached hydrogens (primary N) is 1. The Bertz CT molecular complexity index is 540. The van der Waals surface area contributed by atoms with Crippen molar-refractivity contribution in [2.24, 2.45) is 5.92 Å². The van der Waals surface area contributed by atoms with Crippen molar-refractivity contribution in [1.29, 1.82) is 5.26 Å². The molecule has 118 valence electrons. The highest BCUT2D eigenvalue weighted by Crippen LogP contribution is 2.28. The molecule has 1 aromatic rings. The van der Waals surface area contributed by atoms with E-state index in [1.165, 1.54) is 19.4 Å². The Hall–Kier alpha value is -1.77. The largest absolute Gasteiger partial charge is 0.399 e. The number of rotatable bonds is 3. The van der Waals surface area contributed by atoms with E-state index < -0.39 is 0 Å². The van der Waals surface area contributed by atoms with Gasteiger partial charge in [0.05, 0.1) is 24.5 Å². The number of piperidine rings is 1. The molecule has 0 radical (unpaired) electrons. The van der Waals surface area contributed by atoms with Gasteiger partial charge in [-0.2, -0.15) is 5.26 Å². The molecule has 0 saturated carbocycles. The van der Waals surface area contributed by atoms with Gasteiger partial charge in [0.2, 0.25) is 0 Å². The molecule has 22 heavy (non-hydrogen) atoms. The Morgan fingerprint density at radius 3 is 2.59 bits per heavy atom. The van der Waals surface area contributed by atoms with Crippen LogP contribution in [0.15, 0.2) is 18.2 Å². The molecule has 2 N–H and O–H groups in total. The highest BCUT2D eigenvalue weighted by Gasteiger charge is 2.23. The minimum atomic E-state index is 0.655. The molecule has 5 heteroatoms. The fourth-order valence-electron chi connectivity index (χ4n) is 3.42. The van der Waals surface area contributed by atoms with Crippen LogP contribution in [0.2, 0.25) is 0 Å². The van der Waals surface area contributed by atoms with Crippen molar-refractivity contribution in [3.8, 4) is 6.07 Å². The molecule has 3 rings (SSSR count). The van der Waals surface area contributed by atoms with Gasteiger partial charge in [0, 0.05) is 38.4 Å². The Labute approximate surface area is 132 Å². The first-order valence-electron chi connectivity index (χ1n) is 8.11. The second kappa shape index (κ2) is 6.99. The Kier molecular flexibility index (Phi) is 4.81. The van der Waals surface area contributed by atoms with E-state index in [4.69, 9.17) is 10.5 Å². The van der Waals surface area contributed by atoms with Crippen molar-refractivity contribution in [3.05, 3.63) is 23.8 Å². The summed E-state index contributed by atoms with van der Waals surface area (Å²) in [5.74, 6) is 0.758. The maximum absolute atomic E-state index is 9.29. The third-order valence-corrected chi connectivity index (χ3v) is 4.72. The highest BCUT2D eigenvalue weighted by molar-refractivity contribution is 5.64. The SMILES string of the molecule is N#Cc1cc(N)ccc1N1CCC(CN2CCOCC2)CC1. The number of nitriles is 1. The summed E-state index contributed by atoms with van der Waals surface area (Å²) in [6.45, 7) is 7.10. The van der Waals surface area contributed by atoms with E-state index >= 15 is 0 Å². The first-order valence-corrected chi connectivity index (χ1v) is 8.11. The second-order valence-corrected chi connectivity index (χ2v) is 6.23. The number of nitrogens with zero attached hydrogens (tertiary/aromatic N) is 3. The van der Waals surface area contributed by atoms with Gasteiger partial charge in [0.15, 0.2) is 0 Å². The Morgan fingerprint density at radius 2 is 1.91 bits per heavy atom. The van der Waals surface area contributed by atoms with Crippen LogP contribution < -0.4 is 10.6 Å². The Morgan fingerprint density at radius 1 is 1.18 bits per heavy atom. The average molecular weight is 300 g/mol. The van der Waals surface area contributed by atoms with Gasteiger partial charge in [-0.1, -0.05) is 0 Å². The lowest BCUT2D eigenvalue weighted by Crippen LogP contribution is -2.43. The van der Waals surface area contributed by atoms with Crippen molar-refractivity contribution >= 4 is 11.4 Å². The number of ether oxygens (including phenoxy) is 1. The first kappa shape index (κ1) is 15.1. The molecule has 0 bridgehead atoms. The highest BCUT2D eigenvalue weighted by atomic mass is 16.5. The average Bonchev–Trinajstić information content (AvgIpc) is 2.56. The molecule has 1 aromatic carbocycles. The molecule has 2 aliphatic heterocycles. The van der Waals surface area contributed by atoms with Gasteiger partial charge < -0.3 is 15.4 Å². The number of anilines is 2. The zero-order valence-corrected chi connectivity index (χ0v) is 13.0. The van der Waals surface area contributed by atoms with Crippen molar-refractivity contribution in [2.45, 2.75) is 12.8 Å². The summed E-state index contributed by atoms with van der Waals surface area (Å²) in [7, 11) is 0. The van der Waals surface area contributed by atoms with E-state index in [1.54, 1.807) is 6.07 Å².